The zero-order chi connectivity index (χ0) is 19.7. The summed E-state index contributed by atoms with van der Waals surface area (Å²) in [5, 5.41) is 3.25. The van der Waals surface area contributed by atoms with Crippen molar-refractivity contribution < 1.29 is 19.1 Å². The molecule has 6 nitrogen and oxygen atoms in total. The minimum Gasteiger partial charge on any atom is -0.458 e. The molecule has 0 N–H and O–H groups in total. The average Bonchev–Trinajstić information content (AvgIpc) is 3.27. The van der Waals surface area contributed by atoms with Crippen LogP contribution in [-0.4, -0.2) is 34.2 Å². The van der Waals surface area contributed by atoms with Crippen LogP contribution in [0.2, 0.25) is 5.02 Å². The highest BCUT2D eigenvalue weighted by Crippen LogP contribution is 2.35. The van der Waals surface area contributed by atoms with Crippen molar-refractivity contribution in [2.75, 3.05) is 6.54 Å². The highest BCUT2D eigenvalue weighted by molar-refractivity contribution is 7.13. The molecule has 0 radical (unpaired) electrons. The fourth-order valence-electron chi connectivity index (χ4n) is 3.45. The molecule has 2 aliphatic rings. The zero-order valence-corrected chi connectivity index (χ0v) is 16.4. The molecule has 144 valence electrons. The first-order chi connectivity index (χ1) is 13.5. The van der Waals surface area contributed by atoms with Crippen LogP contribution >= 0.6 is 22.9 Å². The highest BCUT2D eigenvalue weighted by atomic mass is 35.5. The van der Waals surface area contributed by atoms with Crippen LogP contribution in [0.4, 0.5) is 0 Å². The summed E-state index contributed by atoms with van der Waals surface area (Å²) in [4.78, 5) is 42.4. The standard InChI is InChI=1S/C20H17ClN2O4S/c21-13-7-5-12(6-8-13)18-22-14(11-28-18)10-27-17(24)9-23-19(25)15-3-1-2-4-16(15)20(23)26/h1-2,5-8,11,15-16H,3-4,9-10H2/t15-,16-/m0/s1. The molecular weight excluding hydrogens is 400 g/mol. The third kappa shape index (κ3) is 3.72. The van der Waals surface area contributed by atoms with Crippen LogP contribution in [-0.2, 0) is 25.7 Å². The first-order valence-corrected chi connectivity index (χ1v) is 10.1. The van der Waals surface area contributed by atoms with Gasteiger partial charge in [-0.15, -0.1) is 11.3 Å². The Kier molecular flexibility index (Phi) is 5.28. The second-order valence-corrected chi connectivity index (χ2v) is 8.02. The molecule has 1 aromatic heterocycles. The van der Waals surface area contributed by atoms with Gasteiger partial charge in [0.25, 0.3) is 0 Å². The van der Waals surface area contributed by atoms with Crippen LogP contribution in [0.3, 0.4) is 0 Å². The molecule has 2 heterocycles. The Morgan fingerprint density at radius 1 is 1.14 bits per heavy atom. The minimum absolute atomic E-state index is 0.00639. The number of allylic oxidation sites excluding steroid dienone is 2. The molecule has 2 atom stereocenters. The molecule has 1 saturated heterocycles. The Balaban J connectivity index is 1.33. The maximum absolute atomic E-state index is 12.4. The van der Waals surface area contributed by atoms with E-state index < -0.39 is 5.97 Å². The number of likely N-dealkylation sites (tertiary alicyclic amines) is 1. The van der Waals surface area contributed by atoms with Gasteiger partial charge in [0.05, 0.1) is 17.5 Å². The van der Waals surface area contributed by atoms with Crippen LogP contribution < -0.4 is 0 Å². The quantitative estimate of drug-likeness (QED) is 0.424. The van der Waals surface area contributed by atoms with Crippen LogP contribution in [0.25, 0.3) is 10.6 Å². The van der Waals surface area contributed by atoms with Gasteiger partial charge in [-0.1, -0.05) is 35.9 Å². The smallest absolute Gasteiger partial charge is 0.326 e. The third-order valence-electron chi connectivity index (χ3n) is 4.91. The number of thiazole rings is 1. The van der Waals surface area contributed by atoms with Gasteiger partial charge >= 0.3 is 5.97 Å². The maximum atomic E-state index is 12.4. The second kappa shape index (κ2) is 7.85. The fourth-order valence-corrected chi connectivity index (χ4v) is 4.39. The Hall–Kier alpha value is -2.51. The molecule has 28 heavy (non-hydrogen) atoms. The fraction of sp³-hybridized carbons (Fsp3) is 0.300. The summed E-state index contributed by atoms with van der Waals surface area (Å²) in [6, 6.07) is 7.32. The maximum Gasteiger partial charge on any atom is 0.326 e. The number of imide groups is 1. The summed E-state index contributed by atoms with van der Waals surface area (Å²) in [6.45, 7) is -0.355. The number of ether oxygens (including phenoxy) is 1. The van der Waals surface area contributed by atoms with Crippen molar-refractivity contribution in [1.29, 1.82) is 0 Å². The number of rotatable bonds is 5. The van der Waals surface area contributed by atoms with Gasteiger partial charge in [0.1, 0.15) is 18.2 Å². The number of carbonyl (C=O) groups is 3. The predicted octanol–water partition coefficient (Wildman–Crippen LogP) is 3.46. The van der Waals surface area contributed by atoms with Crippen LogP contribution in [0.1, 0.15) is 18.5 Å². The van der Waals surface area contributed by atoms with Gasteiger partial charge < -0.3 is 4.74 Å². The van der Waals surface area contributed by atoms with E-state index in [1.165, 1.54) is 11.3 Å². The number of carbonyl (C=O) groups excluding carboxylic acids is 3. The van der Waals surface area contributed by atoms with E-state index >= 15 is 0 Å². The first kappa shape index (κ1) is 18.8. The van der Waals surface area contributed by atoms with Crippen molar-refractivity contribution in [3.8, 4) is 10.6 Å². The van der Waals surface area contributed by atoms with E-state index in [0.29, 0.717) is 23.6 Å². The molecule has 2 aromatic rings. The average molecular weight is 417 g/mol. The highest BCUT2D eigenvalue weighted by Gasteiger charge is 2.47. The van der Waals surface area contributed by atoms with E-state index in [1.54, 1.807) is 12.1 Å². The van der Waals surface area contributed by atoms with Crippen LogP contribution in [0.5, 0.6) is 0 Å². The molecule has 0 saturated carbocycles. The largest absolute Gasteiger partial charge is 0.458 e. The number of hydrogen-bond donors (Lipinski definition) is 0. The number of halogens is 1. The monoisotopic (exact) mass is 416 g/mol. The van der Waals surface area contributed by atoms with Crippen molar-refractivity contribution >= 4 is 40.7 Å². The molecule has 0 spiro atoms. The van der Waals surface area contributed by atoms with Gasteiger partial charge in [0.2, 0.25) is 11.8 Å². The van der Waals surface area contributed by atoms with E-state index in [0.717, 1.165) is 15.5 Å². The number of amides is 2. The molecule has 1 aliphatic carbocycles. The second-order valence-electron chi connectivity index (χ2n) is 6.73. The van der Waals surface area contributed by atoms with Crippen molar-refractivity contribution in [3.63, 3.8) is 0 Å². The molecule has 0 bridgehead atoms. The molecular formula is C20H17ClN2O4S. The Labute approximate surface area is 170 Å². The SMILES string of the molecule is O=C(CN1C(=O)[C@H]2CC=CC[C@@H]2C1=O)OCc1csc(-c2ccc(Cl)cc2)n1. The van der Waals surface area contributed by atoms with Gasteiger partial charge in [0, 0.05) is 16.0 Å². The van der Waals surface area contributed by atoms with Crippen molar-refractivity contribution in [2.24, 2.45) is 11.8 Å². The molecule has 4 rings (SSSR count). The number of nitrogens with zero attached hydrogens (tertiary/aromatic N) is 2. The Morgan fingerprint density at radius 3 is 2.43 bits per heavy atom. The van der Waals surface area contributed by atoms with Crippen molar-refractivity contribution in [3.05, 3.63) is 52.5 Å². The molecule has 8 heteroatoms. The summed E-state index contributed by atoms with van der Waals surface area (Å²) in [7, 11) is 0. The lowest BCUT2D eigenvalue weighted by Gasteiger charge is -2.14. The van der Waals surface area contributed by atoms with Gasteiger partial charge in [-0.2, -0.15) is 0 Å². The predicted molar refractivity (Wildman–Crippen MR) is 104 cm³/mol. The molecule has 0 unspecified atom stereocenters. The molecule has 1 aliphatic heterocycles. The minimum atomic E-state index is -0.616. The Bertz CT molecular complexity index is 927. The molecule has 1 aromatic carbocycles. The lowest BCUT2D eigenvalue weighted by Crippen LogP contribution is -2.36. The number of hydrogen-bond acceptors (Lipinski definition) is 6. The molecule has 1 fully saturated rings. The number of fused-ring (bicyclic) bond motifs is 1. The summed E-state index contributed by atoms with van der Waals surface area (Å²) >= 11 is 7.33. The van der Waals surface area contributed by atoms with E-state index in [4.69, 9.17) is 16.3 Å². The summed E-state index contributed by atoms with van der Waals surface area (Å²) in [6.07, 6.45) is 4.92. The number of aromatic nitrogens is 1. The van der Waals surface area contributed by atoms with Crippen molar-refractivity contribution in [1.82, 2.24) is 9.88 Å². The van der Waals surface area contributed by atoms with E-state index in [9.17, 15) is 14.4 Å². The van der Waals surface area contributed by atoms with Gasteiger partial charge in [-0.3, -0.25) is 19.3 Å². The normalized spacial score (nSPS) is 21.1. The third-order valence-corrected chi connectivity index (χ3v) is 6.10. The van der Waals surface area contributed by atoms with E-state index in [1.807, 2.05) is 29.7 Å². The number of benzene rings is 1. The zero-order valence-electron chi connectivity index (χ0n) is 14.8. The summed E-state index contributed by atoms with van der Waals surface area (Å²) < 4.78 is 5.23. The lowest BCUT2D eigenvalue weighted by atomic mass is 9.85. The summed E-state index contributed by atoms with van der Waals surface area (Å²) in [5.41, 5.74) is 1.54. The topological polar surface area (TPSA) is 76.6 Å². The van der Waals surface area contributed by atoms with Crippen molar-refractivity contribution in [2.45, 2.75) is 19.4 Å². The van der Waals surface area contributed by atoms with E-state index in [2.05, 4.69) is 4.98 Å². The Morgan fingerprint density at radius 2 is 1.79 bits per heavy atom. The lowest BCUT2D eigenvalue weighted by molar-refractivity contribution is -0.153. The summed E-state index contributed by atoms with van der Waals surface area (Å²) in [5.74, 6) is -1.86. The van der Waals surface area contributed by atoms with Gasteiger partial charge in [-0.25, -0.2) is 4.98 Å². The van der Waals surface area contributed by atoms with Gasteiger partial charge in [-0.05, 0) is 25.0 Å². The van der Waals surface area contributed by atoms with Crippen LogP contribution in [0.15, 0.2) is 41.8 Å². The first-order valence-electron chi connectivity index (χ1n) is 8.89. The van der Waals surface area contributed by atoms with Gasteiger partial charge in [0.15, 0.2) is 0 Å². The number of esters is 1. The van der Waals surface area contributed by atoms with E-state index in [-0.39, 0.29) is 36.8 Å². The molecule has 2 amide bonds. The van der Waals surface area contributed by atoms with Crippen LogP contribution in [0, 0.1) is 11.8 Å².